The van der Waals surface area contributed by atoms with E-state index in [1.807, 2.05) is 18.0 Å². The van der Waals surface area contributed by atoms with Gasteiger partial charge in [0.2, 0.25) is 0 Å². The Labute approximate surface area is 143 Å². The molecule has 0 aromatic carbocycles. The maximum Gasteiger partial charge on any atom is 0.259 e. The van der Waals surface area contributed by atoms with E-state index in [-0.39, 0.29) is 24.4 Å². The fraction of sp³-hybridized carbons (Fsp3) is 0.385. The minimum atomic E-state index is -0.109. The summed E-state index contributed by atoms with van der Waals surface area (Å²) >= 11 is 1.53. The van der Waals surface area contributed by atoms with Crippen LogP contribution in [0.15, 0.2) is 23.8 Å². The Bertz CT molecular complexity index is 719. The number of nitrogens with two attached hydrogens (primary N) is 1. The molecule has 3 heterocycles. The van der Waals surface area contributed by atoms with Gasteiger partial charge in [-0.3, -0.25) is 4.79 Å². The van der Waals surface area contributed by atoms with Gasteiger partial charge in [0.05, 0.1) is 11.2 Å². The van der Waals surface area contributed by atoms with Crippen LogP contribution in [0.2, 0.25) is 0 Å². The Morgan fingerprint density at radius 3 is 3.13 bits per heavy atom. The number of nitrogens with zero attached hydrogens (tertiary/aromatic N) is 4. The molecule has 10 heteroatoms. The number of carbonyl (C=O) groups excluding carboxylic acids is 1. The second kappa shape index (κ2) is 7.62. The summed E-state index contributed by atoms with van der Waals surface area (Å²) in [4.78, 5) is 30.4. The van der Waals surface area contributed by atoms with Gasteiger partial charge in [-0.1, -0.05) is 0 Å². The molecule has 0 bridgehead atoms. The van der Waals surface area contributed by atoms with E-state index < -0.39 is 0 Å². The van der Waals surface area contributed by atoms with Crippen LogP contribution in [0.1, 0.15) is 6.92 Å². The Kier molecular flexibility index (Phi) is 5.80. The van der Waals surface area contributed by atoms with E-state index in [4.69, 9.17) is 5.73 Å². The molecule has 1 amide bonds. The minimum Gasteiger partial charge on any atom is -0.348 e. The molecule has 8 nitrogen and oxygen atoms in total. The van der Waals surface area contributed by atoms with Gasteiger partial charge < -0.3 is 20.9 Å². The van der Waals surface area contributed by atoms with E-state index in [1.165, 1.54) is 18.1 Å². The molecular weight excluding hydrogens is 338 g/mol. The number of imidazole rings is 1. The summed E-state index contributed by atoms with van der Waals surface area (Å²) in [5.74, 6) is 1.41. The van der Waals surface area contributed by atoms with Crippen LogP contribution in [-0.4, -0.2) is 50.7 Å². The molecule has 23 heavy (non-hydrogen) atoms. The molecule has 0 fully saturated rings. The molecule has 0 unspecified atom stereocenters. The first-order chi connectivity index (χ1) is 10.7. The zero-order chi connectivity index (χ0) is 15.5. The van der Waals surface area contributed by atoms with Crippen molar-refractivity contribution >= 4 is 47.1 Å². The zero-order valence-electron chi connectivity index (χ0n) is 12.5. The number of nitrogens with one attached hydrogen (secondary N) is 2. The lowest BCUT2D eigenvalue weighted by Gasteiger charge is -2.25. The lowest BCUT2D eigenvalue weighted by Crippen LogP contribution is -2.39. The van der Waals surface area contributed by atoms with E-state index in [1.54, 1.807) is 6.33 Å². The highest BCUT2D eigenvalue weighted by Gasteiger charge is 2.21. The molecule has 0 spiro atoms. The largest absolute Gasteiger partial charge is 0.348 e. The van der Waals surface area contributed by atoms with Gasteiger partial charge in [-0.25, -0.2) is 15.0 Å². The molecule has 0 radical (unpaired) electrons. The Morgan fingerprint density at radius 2 is 2.35 bits per heavy atom. The van der Waals surface area contributed by atoms with Gasteiger partial charge in [0.15, 0.2) is 11.5 Å². The number of halogens is 1. The predicted molar refractivity (Wildman–Crippen MR) is 93.5 cm³/mol. The number of aromatic nitrogens is 4. The lowest BCUT2D eigenvalue weighted by molar-refractivity contribution is -0.117. The second-order valence-electron chi connectivity index (χ2n) is 4.94. The zero-order valence-corrected chi connectivity index (χ0v) is 14.2. The van der Waals surface area contributed by atoms with Crippen molar-refractivity contribution in [2.45, 2.75) is 13.0 Å². The van der Waals surface area contributed by atoms with Crippen LogP contribution >= 0.6 is 24.2 Å². The summed E-state index contributed by atoms with van der Waals surface area (Å²) in [6.07, 6.45) is 4.88. The third-order valence-corrected chi connectivity index (χ3v) is 4.28. The highest BCUT2D eigenvalue weighted by atomic mass is 35.5. The first-order valence-corrected chi connectivity index (χ1v) is 7.94. The Balaban J connectivity index is 0.00000192. The third kappa shape index (κ3) is 3.74. The molecule has 0 saturated heterocycles. The monoisotopic (exact) mass is 355 g/mol. The van der Waals surface area contributed by atoms with Gasteiger partial charge in [-0.05, 0) is 6.92 Å². The molecule has 1 aliphatic rings. The maximum absolute atomic E-state index is 12.2. The minimum absolute atomic E-state index is 0. The number of anilines is 1. The van der Waals surface area contributed by atoms with Crippen LogP contribution in [0.3, 0.4) is 0 Å². The van der Waals surface area contributed by atoms with Crippen LogP contribution in [-0.2, 0) is 4.79 Å². The maximum atomic E-state index is 12.2. The quantitative estimate of drug-likeness (QED) is 0.737. The highest BCUT2D eigenvalue weighted by Crippen LogP contribution is 2.27. The standard InChI is InChI=1S/C13H17N7OS.ClH/c1-8(4-14)19-13(21)9-5-20(2-3-22-9)12-10-11(16-6-15-10)17-7-18-12;/h5-8H,2-4,14H2,1H3,(H,19,21)(H,15,16,17,18);1H/t8-;/m0./s1. The molecule has 2 aromatic heterocycles. The van der Waals surface area contributed by atoms with Gasteiger partial charge in [0, 0.05) is 31.1 Å². The number of rotatable bonds is 4. The lowest BCUT2D eigenvalue weighted by atomic mass is 10.3. The highest BCUT2D eigenvalue weighted by molar-refractivity contribution is 8.04. The summed E-state index contributed by atoms with van der Waals surface area (Å²) in [6, 6.07) is -0.0530. The van der Waals surface area contributed by atoms with Crippen LogP contribution in [0.4, 0.5) is 5.82 Å². The molecule has 0 aliphatic carbocycles. The van der Waals surface area contributed by atoms with Gasteiger partial charge in [0.1, 0.15) is 11.8 Å². The summed E-state index contributed by atoms with van der Waals surface area (Å²) in [5.41, 5.74) is 6.91. The van der Waals surface area contributed by atoms with Crippen LogP contribution in [0.25, 0.3) is 11.2 Å². The molecule has 3 rings (SSSR count). The van der Waals surface area contributed by atoms with Crippen molar-refractivity contribution in [2.75, 3.05) is 23.7 Å². The van der Waals surface area contributed by atoms with Crippen molar-refractivity contribution in [1.82, 2.24) is 25.3 Å². The van der Waals surface area contributed by atoms with Crippen LogP contribution in [0, 0.1) is 0 Å². The summed E-state index contributed by atoms with van der Waals surface area (Å²) < 4.78 is 0. The number of H-pyrrole nitrogens is 1. The van der Waals surface area contributed by atoms with E-state index in [2.05, 4.69) is 25.3 Å². The van der Waals surface area contributed by atoms with Crippen molar-refractivity contribution in [3.05, 3.63) is 23.8 Å². The number of hydrogen-bond acceptors (Lipinski definition) is 7. The molecule has 1 aliphatic heterocycles. The molecule has 0 saturated carbocycles. The van der Waals surface area contributed by atoms with Crippen molar-refractivity contribution in [3.8, 4) is 0 Å². The number of carbonyl (C=O) groups is 1. The summed E-state index contributed by atoms with van der Waals surface area (Å²) in [6.45, 7) is 3.05. The van der Waals surface area contributed by atoms with E-state index >= 15 is 0 Å². The number of amides is 1. The topological polar surface area (TPSA) is 113 Å². The summed E-state index contributed by atoms with van der Waals surface area (Å²) in [7, 11) is 0. The SMILES string of the molecule is C[C@@H](CN)NC(=O)C1=CN(c2ncnc3nc[nH]c23)CCS1.Cl. The fourth-order valence-electron chi connectivity index (χ4n) is 2.11. The molecule has 4 N–H and O–H groups in total. The van der Waals surface area contributed by atoms with E-state index in [0.717, 1.165) is 23.6 Å². The first-order valence-electron chi connectivity index (χ1n) is 6.95. The molecule has 1 atom stereocenters. The van der Waals surface area contributed by atoms with Crippen molar-refractivity contribution in [1.29, 1.82) is 0 Å². The fourth-order valence-corrected chi connectivity index (χ4v) is 3.01. The average Bonchev–Trinajstić information content (AvgIpc) is 3.03. The predicted octanol–water partition coefficient (Wildman–Crippen LogP) is 0.633. The van der Waals surface area contributed by atoms with Gasteiger partial charge >= 0.3 is 0 Å². The van der Waals surface area contributed by atoms with Gasteiger partial charge in [-0.15, -0.1) is 24.2 Å². The smallest absolute Gasteiger partial charge is 0.259 e. The number of fused-ring (bicyclic) bond motifs is 1. The first kappa shape index (κ1) is 17.5. The van der Waals surface area contributed by atoms with E-state index in [0.29, 0.717) is 17.1 Å². The van der Waals surface area contributed by atoms with E-state index in [9.17, 15) is 4.79 Å². The molecule has 2 aromatic rings. The van der Waals surface area contributed by atoms with Crippen molar-refractivity contribution in [2.24, 2.45) is 5.73 Å². The van der Waals surface area contributed by atoms with Gasteiger partial charge in [-0.2, -0.15) is 0 Å². The third-order valence-electron chi connectivity index (χ3n) is 3.29. The van der Waals surface area contributed by atoms with Crippen LogP contribution in [0.5, 0.6) is 0 Å². The van der Waals surface area contributed by atoms with Crippen molar-refractivity contribution in [3.63, 3.8) is 0 Å². The molecular formula is C13H18ClN7OS. The normalized spacial score (nSPS) is 15.7. The number of aromatic amines is 1. The Morgan fingerprint density at radius 1 is 1.52 bits per heavy atom. The second-order valence-corrected chi connectivity index (χ2v) is 6.08. The number of hydrogen-bond donors (Lipinski definition) is 3. The van der Waals surface area contributed by atoms with Crippen LogP contribution < -0.4 is 16.0 Å². The van der Waals surface area contributed by atoms with Gasteiger partial charge in [0.25, 0.3) is 5.91 Å². The average molecular weight is 356 g/mol. The molecule has 124 valence electrons. The number of thioether (sulfide) groups is 1. The summed E-state index contributed by atoms with van der Waals surface area (Å²) in [5, 5.41) is 2.87. The van der Waals surface area contributed by atoms with Crippen molar-refractivity contribution < 1.29 is 4.79 Å². The Hall–Kier alpha value is -1.84.